The molecule has 0 saturated heterocycles. The molecule has 5 nitrogen and oxygen atoms in total. The minimum atomic E-state index is -3.01. The Balaban J connectivity index is 4.83. The molecule has 0 radical (unpaired) electrons. The molecule has 0 heterocycles. The summed E-state index contributed by atoms with van der Waals surface area (Å²) in [5.41, 5.74) is 5.21. The van der Waals surface area contributed by atoms with Crippen LogP contribution in [-0.4, -0.2) is 53.1 Å². The van der Waals surface area contributed by atoms with E-state index in [0.717, 1.165) is 4.90 Å². The number of nitrogens with two attached hydrogens (primary N) is 1. The molecule has 0 aliphatic rings. The number of carboxylic acid groups (broad SMARTS) is 1. The minimum Gasteiger partial charge on any atom is -0.480 e. The number of thiol groups is 1. The van der Waals surface area contributed by atoms with Gasteiger partial charge in [-0.1, -0.05) is 0 Å². The van der Waals surface area contributed by atoms with Crippen LogP contribution in [0, 0.1) is 5.41 Å². The van der Waals surface area contributed by atoms with Crippen molar-refractivity contribution in [2.45, 2.75) is 18.9 Å². The number of aliphatic carboxylic acids is 1. The SMILES string of the molecule is N=C(C(F)F)N(CCN)C(CCS)C(=O)O. The molecule has 16 heavy (non-hydrogen) atoms. The standard InChI is InChI=1S/C8H15F2N3O2S/c9-6(10)7(12)13(3-2-11)5(1-4-16)8(14)15/h5-6,12,16H,1-4,11H2,(H,14,15). The largest absolute Gasteiger partial charge is 0.480 e. The Hall–Kier alpha value is -0.890. The van der Waals surface area contributed by atoms with Crippen LogP contribution in [-0.2, 0) is 4.79 Å². The number of amidine groups is 1. The van der Waals surface area contributed by atoms with Gasteiger partial charge in [0.25, 0.3) is 6.43 Å². The summed E-state index contributed by atoms with van der Waals surface area (Å²) < 4.78 is 24.7. The second kappa shape index (κ2) is 7.39. The van der Waals surface area contributed by atoms with Gasteiger partial charge in [-0.2, -0.15) is 12.6 Å². The van der Waals surface area contributed by atoms with Gasteiger partial charge < -0.3 is 15.7 Å². The molecule has 0 bridgehead atoms. The van der Waals surface area contributed by atoms with Gasteiger partial charge in [-0.3, -0.25) is 5.41 Å². The molecule has 0 aromatic rings. The van der Waals surface area contributed by atoms with E-state index in [4.69, 9.17) is 16.2 Å². The van der Waals surface area contributed by atoms with Crippen LogP contribution in [0.25, 0.3) is 0 Å². The van der Waals surface area contributed by atoms with Crippen LogP contribution < -0.4 is 5.73 Å². The Bertz CT molecular complexity index is 253. The van der Waals surface area contributed by atoms with Crippen LogP contribution in [0.4, 0.5) is 8.78 Å². The number of hydrogen-bond acceptors (Lipinski definition) is 4. The fraction of sp³-hybridized carbons (Fsp3) is 0.750. The number of carboxylic acids is 1. The highest BCUT2D eigenvalue weighted by Crippen LogP contribution is 2.10. The minimum absolute atomic E-state index is 0.00541. The van der Waals surface area contributed by atoms with E-state index in [9.17, 15) is 13.6 Å². The van der Waals surface area contributed by atoms with Crippen molar-refractivity contribution >= 4 is 24.4 Å². The number of carbonyl (C=O) groups is 1. The van der Waals surface area contributed by atoms with Crippen molar-refractivity contribution in [3.63, 3.8) is 0 Å². The average molecular weight is 255 g/mol. The van der Waals surface area contributed by atoms with Gasteiger partial charge in [-0.25, -0.2) is 13.6 Å². The van der Waals surface area contributed by atoms with E-state index < -0.39 is 24.3 Å². The Morgan fingerprint density at radius 3 is 2.44 bits per heavy atom. The molecule has 0 spiro atoms. The predicted molar refractivity (Wildman–Crippen MR) is 59.4 cm³/mol. The maximum atomic E-state index is 12.3. The highest BCUT2D eigenvalue weighted by atomic mass is 32.1. The van der Waals surface area contributed by atoms with Gasteiger partial charge in [-0.05, 0) is 12.2 Å². The Kier molecular flexibility index (Phi) is 6.98. The third kappa shape index (κ3) is 4.31. The van der Waals surface area contributed by atoms with Gasteiger partial charge in [-0.15, -0.1) is 0 Å². The summed E-state index contributed by atoms with van der Waals surface area (Å²) in [6.45, 7) is -0.0840. The molecule has 1 unspecified atom stereocenters. The van der Waals surface area contributed by atoms with Crippen molar-refractivity contribution in [1.29, 1.82) is 5.41 Å². The molecule has 0 saturated carbocycles. The van der Waals surface area contributed by atoms with Crippen LogP contribution in [0.15, 0.2) is 0 Å². The van der Waals surface area contributed by atoms with Crippen molar-refractivity contribution in [1.82, 2.24) is 4.90 Å². The van der Waals surface area contributed by atoms with Crippen LogP contribution >= 0.6 is 12.6 Å². The van der Waals surface area contributed by atoms with Crippen LogP contribution in [0.2, 0.25) is 0 Å². The lowest BCUT2D eigenvalue weighted by Crippen LogP contribution is -2.49. The van der Waals surface area contributed by atoms with E-state index in [-0.39, 0.29) is 25.3 Å². The molecule has 0 amide bonds. The van der Waals surface area contributed by atoms with Crippen LogP contribution in [0.1, 0.15) is 6.42 Å². The summed E-state index contributed by atoms with van der Waals surface area (Å²) in [6.07, 6.45) is -2.93. The van der Waals surface area contributed by atoms with Gasteiger partial charge in [0.2, 0.25) is 0 Å². The van der Waals surface area contributed by atoms with Crippen molar-refractivity contribution < 1.29 is 18.7 Å². The molecule has 0 aliphatic carbocycles. The fourth-order valence-electron chi connectivity index (χ4n) is 1.24. The van der Waals surface area contributed by atoms with Crippen LogP contribution in [0.3, 0.4) is 0 Å². The number of hydrogen-bond donors (Lipinski definition) is 4. The molecule has 0 rings (SSSR count). The summed E-state index contributed by atoms with van der Waals surface area (Å²) in [5, 5.41) is 16.0. The number of nitrogens with one attached hydrogen (secondary N) is 1. The Morgan fingerprint density at radius 2 is 2.12 bits per heavy atom. The molecule has 0 aromatic carbocycles. The van der Waals surface area contributed by atoms with Crippen molar-refractivity contribution in [2.75, 3.05) is 18.8 Å². The lowest BCUT2D eigenvalue weighted by Gasteiger charge is -2.30. The zero-order valence-corrected chi connectivity index (χ0v) is 9.46. The zero-order valence-electron chi connectivity index (χ0n) is 8.57. The number of nitrogens with zero attached hydrogens (tertiary/aromatic N) is 1. The second-order valence-electron chi connectivity index (χ2n) is 3.03. The van der Waals surface area contributed by atoms with E-state index in [1.165, 1.54) is 0 Å². The maximum absolute atomic E-state index is 12.3. The third-order valence-corrected chi connectivity index (χ3v) is 2.21. The van der Waals surface area contributed by atoms with E-state index >= 15 is 0 Å². The first kappa shape index (κ1) is 15.1. The summed E-state index contributed by atoms with van der Waals surface area (Å²) in [6, 6.07) is -1.18. The van der Waals surface area contributed by atoms with Gasteiger partial charge >= 0.3 is 5.97 Å². The van der Waals surface area contributed by atoms with Crippen molar-refractivity contribution in [3.05, 3.63) is 0 Å². The Morgan fingerprint density at radius 1 is 1.56 bits per heavy atom. The first-order chi connectivity index (χ1) is 7.45. The van der Waals surface area contributed by atoms with Crippen molar-refractivity contribution in [2.24, 2.45) is 5.73 Å². The number of alkyl halides is 2. The first-order valence-corrected chi connectivity index (χ1v) is 5.25. The zero-order chi connectivity index (χ0) is 12.7. The van der Waals surface area contributed by atoms with Gasteiger partial charge in [0.1, 0.15) is 6.04 Å². The molecule has 0 aliphatic heterocycles. The van der Waals surface area contributed by atoms with Crippen LogP contribution in [0.5, 0.6) is 0 Å². The fourth-order valence-corrected chi connectivity index (χ4v) is 1.49. The highest BCUT2D eigenvalue weighted by Gasteiger charge is 2.30. The molecule has 4 N–H and O–H groups in total. The topological polar surface area (TPSA) is 90.4 Å². The molecule has 0 fully saturated rings. The molecule has 8 heteroatoms. The van der Waals surface area contributed by atoms with E-state index in [1.807, 2.05) is 0 Å². The highest BCUT2D eigenvalue weighted by molar-refractivity contribution is 7.80. The van der Waals surface area contributed by atoms with E-state index in [0.29, 0.717) is 0 Å². The van der Waals surface area contributed by atoms with E-state index in [1.54, 1.807) is 0 Å². The molecule has 0 aromatic heterocycles. The number of halogens is 2. The smallest absolute Gasteiger partial charge is 0.326 e. The summed E-state index contributed by atoms with van der Waals surface area (Å²) in [7, 11) is 0. The van der Waals surface area contributed by atoms with Crippen molar-refractivity contribution in [3.8, 4) is 0 Å². The van der Waals surface area contributed by atoms with E-state index in [2.05, 4.69) is 12.6 Å². The monoisotopic (exact) mass is 255 g/mol. The quantitative estimate of drug-likeness (QED) is 0.298. The average Bonchev–Trinajstić information content (AvgIpc) is 2.21. The first-order valence-electron chi connectivity index (χ1n) is 4.62. The van der Waals surface area contributed by atoms with Gasteiger partial charge in [0.15, 0.2) is 5.84 Å². The lowest BCUT2D eigenvalue weighted by atomic mass is 10.2. The normalized spacial score (nSPS) is 12.6. The Labute approximate surface area is 97.5 Å². The predicted octanol–water partition coefficient (Wildman–Crippen LogP) is 0.263. The maximum Gasteiger partial charge on any atom is 0.326 e. The summed E-state index contributed by atoms with van der Waals surface area (Å²) in [5.74, 6) is -2.04. The van der Waals surface area contributed by atoms with Gasteiger partial charge in [0.05, 0.1) is 0 Å². The van der Waals surface area contributed by atoms with Gasteiger partial charge in [0, 0.05) is 13.1 Å². The lowest BCUT2D eigenvalue weighted by molar-refractivity contribution is -0.142. The molecular formula is C8H15F2N3O2S. The molecular weight excluding hydrogens is 240 g/mol. The molecule has 1 atom stereocenters. The third-order valence-electron chi connectivity index (χ3n) is 1.95. The summed E-state index contributed by atoms with van der Waals surface area (Å²) >= 11 is 3.86. The summed E-state index contributed by atoms with van der Waals surface area (Å²) in [4.78, 5) is 11.7. The second-order valence-corrected chi connectivity index (χ2v) is 3.48. The molecule has 94 valence electrons. The number of rotatable bonds is 7.